The Morgan fingerprint density at radius 3 is 2.71 bits per heavy atom. The summed E-state index contributed by atoms with van der Waals surface area (Å²) in [5.41, 5.74) is 0.697. The predicted molar refractivity (Wildman–Crippen MR) is 62.6 cm³/mol. The molecule has 1 aromatic carbocycles. The second-order valence-corrected chi connectivity index (χ2v) is 3.63. The maximum atomic E-state index is 9.96. The van der Waals surface area contributed by atoms with Gasteiger partial charge in [-0.1, -0.05) is 0 Å². The Bertz CT molecular complexity index is 415. The molecule has 1 rings (SSSR count). The van der Waals surface area contributed by atoms with Crippen molar-refractivity contribution in [2.45, 2.75) is 12.2 Å². The molecule has 3 N–H and O–H groups in total. The minimum atomic E-state index is -1.12. The summed E-state index contributed by atoms with van der Waals surface area (Å²) < 4.78 is 5.03. The molecule has 17 heavy (non-hydrogen) atoms. The van der Waals surface area contributed by atoms with Crippen LogP contribution >= 0.6 is 0 Å². The molecule has 1 aromatic rings. The molecule has 0 fully saturated rings. The molecule has 0 bridgehead atoms. The largest absolute Gasteiger partial charge is 0.497 e. The highest BCUT2D eigenvalue weighted by Gasteiger charge is 2.21. The van der Waals surface area contributed by atoms with Crippen molar-refractivity contribution in [2.24, 2.45) is 0 Å². The van der Waals surface area contributed by atoms with E-state index in [9.17, 15) is 10.2 Å². The molecule has 0 aromatic heterocycles. The summed E-state index contributed by atoms with van der Waals surface area (Å²) in [5, 5.41) is 31.4. The molecule has 5 heteroatoms. The Balaban J connectivity index is 3.05. The lowest BCUT2D eigenvalue weighted by Crippen LogP contribution is -2.30. The highest BCUT2D eigenvalue weighted by molar-refractivity contribution is 5.44. The minimum Gasteiger partial charge on any atom is -0.497 e. The normalized spacial score (nSPS) is 13.8. The summed E-state index contributed by atoms with van der Waals surface area (Å²) in [4.78, 5) is 0. The average Bonchev–Trinajstić information content (AvgIpc) is 2.37. The van der Waals surface area contributed by atoms with E-state index in [1.807, 2.05) is 6.07 Å². The van der Waals surface area contributed by atoms with Gasteiger partial charge < -0.3 is 20.3 Å². The van der Waals surface area contributed by atoms with Gasteiger partial charge in [-0.05, 0) is 25.2 Å². The van der Waals surface area contributed by atoms with Crippen LogP contribution in [0.2, 0.25) is 0 Å². The smallest absolute Gasteiger partial charge is 0.119 e. The van der Waals surface area contributed by atoms with Crippen LogP contribution in [-0.4, -0.2) is 37.0 Å². The van der Waals surface area contributed by atoms with Crippen LogP contribution in [0.3, 0.4) is 0 Å². The highest BCUT2D eigenvalue weighted by Crippen LogP contribution is 2.25. The van der Waals surface area contributed by atoms with E-state index in [0.717, 1.165) is 0 Å². The fourth-order valence-corrected chi connectivity index (χ4v) is 1.54. The lowest BCUT2D eigenvalue weighted by Gasteiger charge is -2.19. The lowest BCUT2D eigenvalue weighted by molar-refractivity contribution is 0.0200. The Morgan fingerprint density at radius 1 is 1.47 bits per heavy atom. The summed E-state index contributed by atoms with van der Waals surface area (Å²) >= 11 is 0. The molecule has 0 spiro atoms. The summed E-state index contributed by atoms with van der Waals surface area (Å²) in [5.74, 6) is 0.537. The van der Waals surface area contributed by atoms with Crippen LogP contribution in [0.4, 0.5) is 0 Å². The van der Waals surface area contributed by atoms with Crippen molar-refractivity contribution in [3.8, 4) is 11.8 Å². The Labute approximate surface area is 100 Å². The van der Waals surface area contributed by atoms with Gasteiger partial charge in [0.1, 0.15) is 11.9 Å². The third kappa shape index (κ3) is 3.17. The van der Waals surface area contributed by atoms with Crippen LogP contribution < -0.4 is 10.1 Å². The number of methoxy groups -OCH3 is 1. The van der Waals surface area contributed by atoms with Gasteiger partial charge in [-0.15, -0.1) is 0 Å². The first kappa shape index (κ1) is 13.5. The van der Waals surface area contributed by atoms with Crippen LogP contribution in [0.15, 0.2) is 18.2 Å². The first-order valence-electron chi connectivity index (χ1n) is 5.22. The molecule has 0 radical (unpaired) electrons. The van der Waals surface area contributed by atoms with E-state index in [4.69, 9.17) is 10.00 Å². The van der Waals surface area contributed by atoms with Gasteiger partial charge in [0.05, 0.1) is 24.8 Å². The third-order valence-corrected chi connectivity index (χ3v) is 2.48. The number of nitrogens with zero attached hydrogens (tertiary/aromatic N) is 1. The fraction of sp³-hybridized carbons (Fsp3) is 0.417. The van der Waals surface area contributed by atoms with E-state index >= 15 is 0 Å². The van der Waals surface area contributed by atoms with Gasteiger partial charge in [-0.25, -0.2) is 0 Å². The average molecular weight is 236 g/mol. The molecular weight excluding hydrogens is 220 g/mol. The molecule has 0 saturated heterocycles. The van der Waals surface area contributed by atoms with E-state index < -0.39 is 12.2 Å². The zero-order valence-corrected chi connectivity index (χ0v) is 9.84. The van der Waals surface area contributed by atoms with Crippen molar-refractivity contribution in [1.82, 2.24) is 5.32 Å². The molecule has 0 amide bonds. The first-order valence-corrected chi connectivity index (χ1v) is 5.22. The number of ether oxygens (including phenoxy) is 1. The number of nitrogens with one attached hydrogen (secondary N) is 1. The summed E-state index contributed by atoms with van der Waals surface area (Å²) in [7, 11) is 3.17. The van der Waals surface area contributed by atoms with Crippen LogP contribution in [0.5, 0.6) is 5.75 Å². The Hall–Kier alpha value is -1.61. The number of hydrogen-bond donors (Lipinski definition) is 3. The van der Waals surface area contributed by atoms with E-state index in [1.54, 1.807) is 25.2 Å². The molecule has 92 valence electrons. The van der Waals surface area contributed by atoms with Crippen LogP contribution in [0, 0.1) is 11.3 Å². The number of benzene rings is 1. The highest BCUT2D eigenvalue weighted by atomic mass is 16.5. The first-order chi connectivity index (χ1) is 8.13. The van der Waals surface area contributed by atoms with Gasteiger partial charge in [0.2, 0.25) is 0 Å². The molecule has 0 aliphatic rings. The van der Waals surface area contributed by atoms with Gasteiger partial charge in [-0.3, -0.25) is 0 Å². The number of aliphatic hydroxyl groups is 2. The maximum Gasteiger partial charge on any atom is 0.119 e. The van der Waals surface area contributed by atoms with Crippen LogP contribution in [0.25, 0.3) is 0 Å². The second-order valence-electron chi connectivity index (χ2n) is 3.63. The predicted octanol–water partition coefficient (Wildman–Crippen LogP) is 0.181. The molecule has 0 heterocycles. The van der Waals surface area contributed by atoms with E-state index in [-0.39, 0.29) is 6.54 Å². The van der Waals surface area contributed by atoms with Gasteiger partial charge in [0.25, 0.3) is 0 Å². The van der Waals surface area contributed by atoms with Gasteiger partial charge in [0.15, 0.2) is 0 Å². The van der Waals surface area contributed by atoms with Crippen molar-refractivity contribution in [3.05, 3.63) is 29.3 Å². The molecular formula is C12H16N2O3. The second kappa shape index (κ2) is 6.21. The van der Waals surface area contributed by atoms with Gasteiger partial charge in [0, 0.05) is 12.1 Å². The van der Waals surface area contributed by atoms with Crippen LogP contribution in [0.1, 0.15) is 17.2 Å². The molecule has 2 unspecified atom stereocenters. The number of hydrogen-bond acceptors (Lipinski definition) is 5. The minimum absolute atomic E-state index is 0.239. The maximum absolute atomic E-state index is 9.96. The molecule has 2 atom stereocenters. The lowest BCUT2D eigenvalue weighted by atomic mass is 9.99. The van der Waals surface area contributed by atoms with Crippen molar-refractivity contribution in [3.63, 3.8) is 0 Å². The zero-order chi connectivity index (χ0) is 12.8. The standard InChI is InChI=1S/C12H16N2O3/c1-14-7-11(15)12(16)10-5-9(17-2)4-3-8(10)6-13/h3-5,11-12,14-16H,7H2,1-2H3. The summed E-state index contributed by atoms with van der Waals surface area (Å²) in [6.07, 6.45) is -2.09. The van der Waals surface area contributed by atoms with Crippen LogP contribution in [-0.2, 0) is 0 Å². The number of likely N-dealkylation sites (N-methyl/N-ethyl adjacent to an activating group) is 1. The molecule has 0 aliphatic heterocycles. The summed E-state index contributed by atoms with van der Waals surface area (Å²) in [6.45, 7) is 0.239. The van der Waals surface area contributed by atoms with Crippen molar-refractivity contribution >= 4 is 0 Å². The topological polar surface area (TPSA) is 85.5 Å². The van der Waals surface area contributed by atoms with E-state index in [1.165, 1.54) is 7.11 Å². The molecule has 5 nitrogen and oxygen atoms in total. The zero-order valence-electron chi connectivity index (χ0n) is 9.84. The van der Waals surface area contributed by atoms with Gasteiger partial charge >= 0.3 is 0 Å². The number of rotatable bonds is 5. The summed E-state index contributed by atoms with van der Waals surface area (Å²) in [6, 6.07) is 6.73. The molecule has 0 aliphatic carbocycles. The van der Waals surface area contributed by atoms with Crippen molar-refractivity contribution < 1.29 is 14.9 Å². The third-order valence-electron chi connectivity index (χ3n) is 2.48. The quantitative estimate of drug-likeness (QED) is 0.679. The SMILES string of the molecule is CNCC(O)C(O)c1cc(OC)ccc1C#N. The van der Waals surface area contributed by atoms with Crippen molar-refractivity contribution in [2.75, 3.05) is 20.7 Å². The van der Waals surface area contributed by atoms with Crippen molar-refractivity contribution in [1.29, 1.82) is 5.26 Å². The fourth-order valence-electron chi connectivity index (χ4n) is 1.54. The van der Waals surface area contributed by atoms with E-state index in [0.29, 0.717) is 16.9 Å². The van der Waals surface area contributed by atoms with E-state index in [2.05, 4.69) is 5.32 Å². The Morgan fingerprint density at radius 2 is 2.18 bits per heavy atom. The monoisotopic (exact) mass is 236 g/mol. The number of nitriles is 1. The molecule has 0 saturated carbocycles. The number of aliphatic hydroxyl groups excluding tert-OH is 2. The Kier molecular flexibility index (Phi) is 4.91. The van der Waals surface area contributed by atoms with Gasteiger partial charge in [-0.2, -0.15) is 5.26 Å².